The number of nitrogens with zero attached hydrogens (tertiary/aromatic N) is 1. The highest BCUT2D eigenvalue weighted by Crippen LogP contribution is 2.30. The molecule has 0 radical (unpaired) electrons. The Hall–Kier alpha value is -1.32. The van der Waals surface area contributed by atoms with Crippen molar-refractivity contribution >= 4 is 29.6 Å². The van der Waals surface area contributed by atoms with Crippen LogP contribution in [-0.2, 0) is 6.42 Å². The number of fused-ring (bicyclic) bond motifs is 1. The second-order valence-electron chi connectivity index (χ2n) is 3.91. The van der Waals surface area contributed by atoms with Crippen LogP contribution in [0.1, 0.15) is 22.0 Å². The third kappa shape index (κ3) is 2.21. The van der Waals surface area contributed by atoms with Crippen LogP contribution >= 0.6 is 23.7 Å². The van der Waals surface area contributed by atoms with E-state index in [0.29, 0.717) is 5.84 Å². The van der Waals surface area contributed by atoms with Crippen molar-refractivity contribution in [2.75, 3.05) is 0 Å². The normalized spacial score (nSPS) is 17.9. The van der Waals surface area contributed by atoms with Gasteiger partial charge in [0.1, 0.15) is 5.84 Å². The van der Waals surface area contributed by atoms with Gasteiger partial charge in [0, 0.05) is 16.9 Å². The summed E-state index contributed by atoms with van der Waals surface area (Å²) in [6.07, 6.45) is 0.956. The van der Waals surface area contributed by atoms with Crippen LogP contribution in [0.15, 0.2) is 46.8 Å². The number of rotatable bonds is 1. The molecule has 0 aliphatic carbocycles. The van der Waals surface area contributed by atoms with Gasteiger partial charge in [-0.05, 0) is 17.0 Å². The molecule has 1 aliphatic rings. The number of benzene rings is 1. The Labute approximate surface area is 111 Å². The zero-order chi connectivity index (χ0) is 11.0. The molecule has 4 heteroatoms. The maximum atomic E-state index is 6.00. The summed E-state index contributed by atoms with van der Waals surface area (Å²) in [6, 6.07) is 12.6. The Balaban J connectivity index is 0.00000108. The van der Waals surface area contributed by atoms with Crippen molar-refractivity contribution in [2.24, 2.45) is 10.7 Å². The Kier molecular flexibility index (Phi) is 3.50. The van der Waals surface area contributed by atoms with E-state index in [4.69, 9.17) is 5.73 Å². The molecule has 1 aliphatic heterocycles. The molecule has 2 heterocycles. The van der Waals surface area contributed by atoms with Gasteiger partial charge in [-0.25, -0.2) is 0 Å². The first-order valence-electron chi connectivity index (χ1n) is 5.29. The summed E-state index contributed by atoms with van der Waals surface area (Å²) in [7, 11) is 0. The molecule has 0 bridgehead atoms. The van der Waals surface area contributed by atoms with Crippen molar-refractivity contribution in [1.29, 1.82) is 0 Å². The second kappa shape index (κ2) is 4.90. The lowest BCUT2D eigenvalue weighted by molar-refractivity contribution is 0.723. The fourth-order valence-electron chi connectivity index (χ4n) is 2.08. The van der Waals surface area contributed by atoms with Gasteiger partial charge in [0.15, 0.2) is 0 Å². The van der Waals surface area contributed by atoms with Crippen molar-refractivity contribution < 1.29 is 0 Å². The molecule has 0 fully saturated rings. The van der Waals surface area contributed by atoms with Crippen LogP contribution in [0.2, 0.25) is 0 Å². The minimum absolute atomic E-state index is 0. The van der Waals surface area contributed by atoms with Crippen LogP contribution in [-0.4, -0.2) is 5.84 Å². The molecule has 2 N–H and O–H groups in total. The average Bonchev–Trinajstić information content (AvgIpc) is 2.82. The fourth-order valence-corrected chi connectivity index (χ4v) is 2.85. The Morgan fingerprint density at radius 3 is 2.76 bits per heavy atom. The third-order valence-electron chi connectivity index (χ3n) is 2.87. The molecule has 1 aromatic carbocycles. The molecule has 1 unspecified atom stereocenters. The highest BCUT2D eigenvalue weighted by molar-refractivity contribution is 7.10. The van der Waals surface area contributed by atoms with E-state index in [0.717, 1.165) is 12.0 Å². The highest BCUT2D eigenvalue weighted by atomic mass is 35.5. The van der Waals surface area contributed by atoms with E-state index in [-0.39, 0.29) is 18.4 Å². The van der Waals surface area contributed by atoms with Gasteiger partial charge in [0.2, 0.25) is 0 Å². The SMILES string of the molecule is Cl.NC1=NC(c2cccs2)Cc2ccccc21. The van der Waals surface area contributed by atoms with Crippen LogP contribution in [0.4, 0.5) is 0 Å². The lowest BCUT2D eigenvalue weighted by Gasteiger charge is -2.20. The van der Waals surface area contributed by atoms with E-state index in [1.54, 1.807) is 11.3 Å². The lowest BCUT2D eigenvalue weighted by atomic mass is 9.96. The lowest BCUT2D eigenvalue weighted by Crippen LogP contribution is -2.22. The highest BCUT2D eigenvalue weighted by Gasteiger charge is 2.20. The molecule has 3 rings (SSSR count). The molecule has 17 heavy (non-hydrogen) atoms. The molecular formula is C13H13ClN2S. The number of hydrogen-bond acceptors (Lipinski definition) is 3. The third-order valence-corrected chi connectivity index (χ3v) is 3.85. The summed E-state index contributed by atoms with van der Waals surface area (Å²) >= 11 is 1.74. The molecule has 1 atom stereocenters. The van der Waals surface area contributed by atoms with E-state index >= 15 is 0 Å². The molecule has 88 valence electrons. The van der Waals surface area contributed by atoms with Gasteiger partial charge >= 0.3 is 0 Å². The van der Waals surface area contributed by atoms with Gasteiger partial charge in [0.25, 0.3) is 0 Å². The monoisotopic (exact) mass is 264 g/mol. The Bertz CT molecular complexity index is 534. The molecule has 0 saturated carbocycles. The quantitative estimate of drug-likeness (QED) is 0.844. The minimum atomic E-state index is 0. The number of hydrogen-bond donors (Lipinski definition) is 1. The van der Waals surface area contributed by atoms with Gasteiger partial charge < -0.3 is 5.73 Å². The van der Waals surface area contributed by atoms with Crippen LogP contribution in [0.5, 0.6) is 0 Å². The predicted molar refractivity (Wildman–Crippen MR) is 75.2 cm³/mol. The molecule has 2 nitrogen and oxygen atoms in total. The number of nitrogens with two attached hydrogens (primary N) is 1. The fraction of sp³-hybridized carbons (Fsp3) is 0.154. The van der Waals surface area contributed by atoms with Crippen LogP contribution in [0, 0.1) is 0 Å². The summed E-state index contributed by atoms with van der Waals surface area (Å²) in [4.78, 5) is 5.86. The van der Waals surface area contributed by atoms with Crippen LogP contribution in [0.25, 0.3) is 0 Å². The van der Waals surface area contributed by atoms with Gasteiger partial charge in [-0.1, -0.05) is 30.3 Å². The van der Waals surface area contributed by atoms with Gasteiger partial charge in [0.05, 0.1) is 6.04 Å². The Morgan fingerprint density at radius 1 is 1.18 bits per heavy atom. The zero-order valence-corrected chi connectivity index (χ0v) is 10.8. The first-order valence-corrected chi connectivity index (χ1v) is 6.17. The largest absolute Gasteiger partial charge is 0.383 e. The topological polar surface area (TPSA) is 38.4 Å². The maximum Gasteiger partial charge on any atom is 0.126 e. The second-order valence-corrected chi connectivity index (χ2v) is 4.89. The predicted octanol–water partition coefficient (Wildman–Crippen LogP) is 3.17. The average molecular weight is 265 g/mol. The van der Waals surface area contributed by atoms with Gasteiger partial charge in [-0.3, -0.25) is 4.99 Å². The van der Waals surface area contributed by atoms with Gasteiger partial charge in [-0.2, -0.15) is 0 Å². The molecule has 0 spiro atoms. The molecule has 0 saturated heterocycles. The number of thiophene rings is 1. The van der Waals surface area contributed by atoms with Crippen molar-refractivity contribution in [3.05, 3.63) is 57.8 Å². The van der Waals surface area contributed by atoms with Crippen LogP contribution < -0.4 is 5.73 Å². The van der Waals surface area contributed by atoms with E-state index < -0.39 is 0 Å². The molecule has 0 amide bonds. The summed E-state index contributed by atoms with van der Waals surface area (Å²) < 4.78 is 0. The van der Waals surface area contributed by atoms with E-state index in [1.165, 1.54) is 10.4 Å². The smallest absolute Gasteiger partial charge is 0.126 e. The number of halogens is 1. The van der Waals surface area contributed by atoms with Crippen molar-refractivity contribution in [3.63, 3.8) is 0 Å². The van der Waals surface area contributed by atoms with Crippen LogP contribution in [0.3, 0.4) is 0 Å². The standard InChI is InChI=1S/C13H12N2S.ClH/c14-13-10-5-2-1-4-9(10)8-11(15-13)12-6-3-7-16-12;/h1-7,11H,8H2,(H2,14,15);1H. The van der Waals surface area contributed by atoms with Crippen molar-refractivity contribution in [2.45, 2.75) is 12.5 Å². The molecule has 2 aromatic rings. The Morgan fingerprint density at radius 2 is 2.00 bits per heavy atom. The summed E-state index contributed by atoms with van der Waals surface area (Å²) in [5, 5.41) is 2.08. The summed E-state index contributed by atoms with van der Waals surface area (Å²) in [5.74, 6) is 0.667. The first-order chi connectivity index (χ1) is 7.84. The number of amidine groups is 1. The zero-order valence-electron chi connectivity index (χ0n) is 9.17. The van der Waals surface area contributed by atoms with Crippen molar-refractivity contribution in [1.82, 2.24) is 0 Å². The van der Waals surface area contributed by atoms with E-state index in [9.17, 15) is 0 Å². The summed E-state index contributed by atoms with van der Waals surface area (Å²) in [6.45, 7) is 0. The summed E-state index contributed by atoms with van der Waals surface area (Å²) in [5.41, 5.74) is 8.39. The maximum absolute atomic E-state index is 6.00. The molecular weight excluding hydrogens is 252 g/mol. The van der Waals surface area contributed by atoms with E-state index in [1.807, 2.05) is 12.1 Å². The number of aliphatic imine (C=N–C) groups is 1. The van der Waals surface area contributed by atoms with Gasteiger partial charge in [-0.15, -0.1) is 23.7 Å². The first kappa shape index (κ1) is 12.1. The van der Waals surface area contributed by atoms with Crippen molar-refractivity contribution in [3.8, 4) is 0 Å². The minimum Gasteiger partial charge on any atom is -0.383 e. The van der Waals surface area contributed by atoms with E-state index in [2.05, 4.69) is 34.6 Å². The molecule has 1 aromatic heterocycles.